The summed E-state index contributed by atoms with van der Waals surface area (Å²) in [6, 6.07) is 17.5. The Hall–Kier alpha value is -3.56. The van der Waals surface area contributed by atoms with Crippen LogP contribution in [0.3, 0.4) is 0 Å². The van der Waals surface area contributed by atoms with E-state index in [4.69, 9.17) is 0 Å². The number of hydrogen-bond acceptors (Lipinski definition) is 7. The highest BCUT2D eigenvalue weighted by Gasteiger charge is 2.35. The van der Waals surface area contributed by atoms with Crippen LogP contribution in [0, 0.1) is 6.92 Å². The van der Waals surface area contributed by atoms with Gasteiger partial charge in [0.05, 0.1) is 5.75 Å². The highest BCUT2D eigenvalue weighted by molar-refractivity contribution is 7.90. The van der Waals surface area contributed by atoms with Crippen molar-refractivity contribution in [3.63, 3.8) is 0 Å². The zero-order valence-corrected chi connectivity index (χ0v) is 21.5. The first kappa shape index (κ1) is 23.8. The molecule has 4 aromatic rings. The number of nitrogens with one attached hydrogen (secondary N) is 2. The Kier molecular flexibility index (Phi) is 6.04. The molecule has 1 atom stereocenters. The van der Waals surface area contributed by atoms with Gasteiger partial charge in [0, 0.05) is 29.3 Å². The number of fused-ring (bicyclic) bond motifs is 2. The molecule has 9 heteroatoms. The Morgan fingerprint density at radius 2 is 1.76 bits per heavy atom. The zero-order chi connectivity index (χ0) is 25.6. The number of nitrogens with zero attached hydrogens (tertiary/aromatic N) is 3. The average Bonchev–Trinajstić information content (AvgIpc) is 2.90. The maximum absolute atomic E-state index is 13.4. The number of pyridine rings is 1. The van der Waals surface area contributed by atoms with Crippen LogP contribution in [0.5, 0.6) is 0 Å². The van der Waals surface area contributed by atoms with Crippen LogP contribution in [0.1, 0.15) is 46.4 Å². The van der Waals surface area contributed by atoms with Gasteiger partial charge in [-0.3, -0.25) is 9.36 Å². The molecule has 1 unspecified atom stereocenters. The van der Waals surface area contributed by atoms with E-state index in [0.717, 1.165) is 42.7 Å². The third-order valence-corrected chi connectivity index (χ3v) is 9.42. The van der Waals surface area contributed by atoms with Crippen LogP contribution in [-0.2, 0) is 22.0 Å². The monoisotopic (exact) mass is 515 g/mol. The summed E-state index contributed by atoms with van der Waals surface area (Å²) in [5.41, 5.74) is 4.29. The van der Waals surface area contributed by atoms with Crippen LogP contribution in [0.4, 0.5) is 11.6 Å². The molecule has 8 nitrogen and oxygen atoms in total. The molecular weight excluding hydrogens is 486 g/mol. The maximum Gasteiger partial charge on any atom is 0.256 e. The number of aryl methyl sites for hydroxylation is 1. The molecule has 0 aliphatic carbocycles. The number of rotatable bonds is 4. The second-order valence-corrected chi connectivity index (χ2v) is 12.1. The van der Waals surface area contributed by atoms with Crippen LogP contribution in [0.25, 0.3) is 11.0 Å². The van der Waals surface area contributed by atoms with Crippen molar-refractivity contribution < 1.29 is 8.42 Å². The summed E-state index contributed by atoms with van der Waals surface area (Å²) in [7, 11) is -3.63. The molecule has 2 aliphatic heterocycles. The summed E-state index contributed by atoms with van der Waals surface area (Å²) in [5.74, 6) is 0.773. The summed E-state index contributed by atoms with van der Waals surface area (Å²) in [5, 5.41) is 6.22. The van der Waals surface area contributed by atoms with Crippen molar-refractivity contribution in [3.8, 4) is 0 Å². The summed E-state index contributed by atoms with van der Waals surface area (Å²) in [4.78, 5) is 22.5. The third kappa shape index (κ3) is 4.53. The van der Waals surface area contributed by atoms with E-state index in [9.17, 15) is 13.2 Å². The molecule has 0 amide bonds. The van der Waals surface area contributed by atoms with E-state index in [1.165, 1.54) is 10.1 Å². The van der Waals surface area contributed by atoms with Gasteiger partial charge in [-0.25, -0.2) is 13.4 Å². The molecule has 2 aromatic heterocycles. The van der Waals surface area contributed by atoms with Crippen LogP contribution in [0.2, 0.25) is 0 Å². The number of sulfone groups is 1. The topological polar surface area (TPSA) is 106 Å². The summed E-state index contributed by atoms with van der Waals surface area (Å²) >= 11 is 0. The normalized spacial score (nSPS) is 19.4. The van der Waals surface area contributed by atoms with Crippen molar-refractivity contribution in [2.24, 2.45) is 0 Å². The van der Waals surface area contributed by atoms with Crippen molar-refractivity contribution in [1.29, 1.82) is 0 Å². The fourth-order valence-electron chi connectivity index (χ4n) is 5.49. The molecule has 2 aromatic carbocycles. The number of benzene rings is 2. The van der Waals surface area contributed by atoms with Gasteiger partial charge < -0.3 is 10.6 Å². The van der Waals surface area contributed by atoms with Crippen molar-refractivity contribution in [3.05, 3.63) is 93.4 Å². The van der Waals surface area contributed by atoms with E-state index in [2.05, 4.69) is 32.7 Å². The number of piperidine rings is 1. The highest BCUT2D eigenvalue weighted by Crippen LogP contribution is 2.33. The lowest BCUT2D eigenvalue weighted by molar-refractivity contribution is 0.460. The predicted octanol–water partition coefficient (Wildman–Crippen LogP) is 3.98. The molecule has 2 N–H and O–H groups in total. The molecule has 0 radical (unpaired) electrons. The second-order valence-electron chi connectivity index (χ2n) is 9.98. The summed E-state index contributed by atoms with van der Waals surface area (Å²) in [6.45, 7) is 3.77. The lowest BCUT2D eigenvalue weighted by Crippen LogP contribution is -2.36. The first-order valence-electron chi connectivity index (χ1n) is 12.6. The van der Waals surface area contributed by atoms with Crippen molar-refractivity contribution in [2.75, 3.05) is 18.4 Å². The largest absolute Gasteiger partial charge is 0.324 e. The van der Waals surface area contributed by atoms with Gasteiger partial charge in [-0.2, -0.15) is 4.98 Å². The van der Waals surface area contributed by atoms with Crippen LogP contribution < -0.4 is 16.2 Å². The molecule has 37 heavy (non-hydrogen) atoms. The molecular formula is C28H29N5O3S. The molecule has 4 heterocycles. The highest BCUT2D eigenvalue weighted by atomic mass is 32.2. The van der Waals surface area contributed by atoms with Gasteiger partial charge in [0.1, 0.15) is 11.0 Å². The Bertz CT molecular complexity index is 1640. The Labute approximate surface area is 215 Å². The van der Waals surface area contributed by atoms with Gasteiger partial charge in [-0.15, -0.1) is 0 Å². The minimum absolute atomic E-state index is 0.102. The quantitative estimate of drug-likeness (QED) is 0.423. The van der Waals surface area contributed by atoms with Gasteiger partial charge in [0.25, 0.3) is 5.56 Å². The Morgan fingerprint density at radius 1 is 1.03 bits per heavy atom. The molecule has 6 rings (SSSR count). The van der Waals surface area contributed by atoms with E-state index in [0.29, 0.717) is 28.5 Å². The van der Waals surface area contributed by atoms with Crippen LogP contribution >= 0.6 is 0 Å². The Balaban J connectivity index is 1.37. The van der Waals surface area contributed by atoms with Gasteiger partial charge in [-0.05, 0) is 73.7 Å². The fraction of sp³-hybridized carbons (Fsp3) is 0.321. The molecule has 0 spiro atoms. The summed E-state index contributed by atoms with van der Waals surface area (Å²) < 4.78 is 28.1. The van der Waals surface area contributed by atoms with Crippen LogP contribution in [-0.4, -0.2) is 36.0 Å². The van der Waals surface area contributed by atoms with E-state index in [-0.39, 0.29) is 17.7 Å². The molecule has 2 aliphatic rings. The first-order valence-corrected chi connectivity index (χ1v) is 14.4. The number of aromatic nitrogens is 3. The zero-order valence-electron chi connectivity index (χ0n) is 20.6. The standard InChI is InChI=1S/C28H29N5O3S/c1-18-14-23-16-30-28(31-24-8-6-19(7-9-24)20-10-12-29-13-11-20)32-26(23)33(27(18)34)25-15-21-4-2-3-5-22(21)17-37(25,35)36/h2-9,14,16,20,25,29H,10-13,15,17H2,1H3,(H,30,31,32). The molecule has 190 valence electrons. The van der Waals surface area contributed by atoms with Gasteiger partial charge >= 0.3 is 0 Å². The second kappa shape index (κ2) is 9.39. The van der Waals surface area contributed by atoms with E-state index in [1.807, 2.05) is 36.4 Å². The summed E-state index contributed by atoms with van der Waals surface area (Å²) in [6.07, 6.45) is 4.13. The van der Waals surface area contributed by atoms with E-state index >= 15 is 0 Å². The number of hydrogen-bond donors (Lipinski definition) is 2. The average molecular weight is 516 g/mol. The Morgan fingerprint density at radius 3 is 2.51 bits per heavy atom. The minimum atomic E-state index is -3.63. The van der Waals surface area contributed by atoms with Crippen molar-refractivity contribution >= 4 is 32.5 Å². The molecule has 1 fully saturated rings. The molecule has 1 saturated heterocycles. The van der Waals surface area contributed by atoms with Gasteiger partial charge in [0.15, 0.2) is 9.84 Å². The fourth-order valence-corrected chi connectivity index (χ4v) is 7.34. The SMILES string of the molecule is Cc1cc2cnc(Nc3ccc(C4CCNCC4)cc3)nc2n(C2Cc3ccccc3CS2(=O)=O)c1=O. The smallest absolute Gasteiger partial charge is 0.256 e. The van der Waals surface area contributed by atoms with Crippen molar-refractivity contribution in [2.45, 2.75) is 43.2 Å². The molecule has 0 bridgehead atoms. The van der Waals surface area contributed by atoms with Crippen molar-refractivity contribution in [1.82, 2.24) is 19.9 Å². The predicted molar refractivity (Wildman–Crippen MR) is 145 cm³/mol. The van der Waals surface area contributed by atoms with E-state index < -0.39 is 15.2 Å². The third-order valence-electron chi connectivity index (χ3n) is 7.50. The first-order chi connectivity index (χ1) is 17.9. The lowest BCUT2D eigenvalue weighted by Gasteiger charge is -2.27. The van der Waals surface area contributed by atoms with E-state index in [1.54, 1.807) is 19.2 Å². The van der Waals surface area contributed by atoms with Gasteiger partial charge in [-0.1, -0.05) is 36.4 Å². The minimum Gasteiger partial charge on any atom is -0.324 e. The number of anilines is 2. The van der Waals surface area contributed by atoms with Crippen LogP contribution in [0.15, 0.2) is 65.6 Å². The lowest BCUT2D eigenvalue weighted by atomic mass is 9.90. The molecule has 0 saturated carbocycles. The maximum atomic E-state index is 13.4. The van der Waals surface area contributed by atoms with Gasteiger partial charge in [0.2, 0.25) is 5.95 Å².